The lowest BCUT2D eigenvalue weighted by Gasteiger charge is -2.18. The molecule has 5 heteroatoms. The fourth-order valence-corrected chi connectivity index (χ4v) is 4.13. The lowest BCUT2D eigenvalue weighted by Crippen LogP contribution is -2.28. The van der Waals surface area contributed by atoms with E-state index < -0.39 is 0 Å². The summed E-state index contributed by atoms with van der Waals surface area (Å²) in [4.78, 5) is 18.7. The Balaban J connectivity index is 1.47. The number of aliphatic imine (C=N–C) groups is 1. The number of aryl methyl sites for hydroxylation is 2. The van der Waals surface area contributed by atoms with Crippen LogP contribution in [0.1, 0.15) is 39.3 Å². The molecule has 1 aliphatic rings. The van der Waals surface area contributed by atoms with Gasteiger partial charge in [-0.25, -0.2) is 4.79 Å². The molecule has 0 aromatic heterocycles. The van der Waals surface area contributed by atoms with Crippen molar-refractivity contribution < 1.29 is 14.3 Å². The van der Waals surface area contributed by atoms with Crippen molar-refractivity contribution in [1.29, 1.82) is 0 Å². The number of rotatable bonds is 5. The van der Waals surface area contributed by atoms with Crippen molar-refractivity contribution in [2.24, 2.45) is 4.99 Å². The summed E-state index contributed by atoms with van der Waals surface area (Å²) < 4.78 is 10.9. The van der Waals surface area contributed by atoms with Gasteiger partial charge in [0.15, 0.2) is 0 Å². The minimum Gasteiger partial charge on any atom is -0.497 e. The summed E-state index contributed by atoms with van der Waals surface area (Å²) in [5, 5.41) is 0. The zero-order valence-corrected chi connectivity index (χ0v) is 19.0. The van der Waals surface area contributed by atoms with Gasteiger partial charge in [-0.2, -0.15) is 0 Å². The van der Waals surface area contributed by atoms with Crippen LogP contribution >= 0.6 is 0 Å². The van der Waals surface area contributed by atoms with Crippen LogP contribution in [-0.2, 0) is 13.1 Å². The number of amides is 1. The quantitative estimate of drug-likeness (QED) is 0.493. The number of fused-ring (bicyclic) bond motifs is 1. The zero-order valence-electron chi connectivity index (χ0n) is 19.0. The monoisotopic (exact) mass is 428 g/mol. The van der Waals surface area contributed by atoms with Gasteiger partial charge in [-0.05, 0) is 65.9 Å². The lowest BCUT2D eigenvalue weighted by atomic mass is 9.88. The summed E-state index contributed by atoms with van der Waals surface area (Å²) in [6.45, 7) is 5.27. The van der Waals surface area contributed by atoms with E-state index in [1.807, 2.05) is 48.7 Å². The van der Waals surface area contributed by atoms with Gasteiger partial charge in [-0.15, -0.1) is 0 Å². The second-order valence-corrected chi connectivity index (χ2v) is 8.17. The molecule has 1 unspecified atom stereocenters. The first-order valence-corrected chi connectivity index (χ1v) is 10.7. The predicted octanol–water partition coefficient (Wildman–Crippen LogP) is 5.66. The van der Waals surface area contributed by atoms with E-state index in [1.165, 1.54) is 16.7 Å². The van der Waals surface area contributed by atoms with Crippen LogP contribution in [0.4, 0.5) is 4.79 Å². The maximum atomic E-state index is 12.7. The number of carbonyl (C=O) groups excluding carboxylic acids is 1. The average Bonchev–Trinajstić information content (AvgIpc) is 3.23. The SMILES string of the molecule is CN=CC(c1ccc(OC(=O)N2Cc3ccc(OC)cc3C2)cc1)c1cc(C)ccc1C. The number of hydrogen-bond donors (Lipinski definition) is 0. The minimum atomic E-state index is -0.353. The highest BCUT2D eigenvalue weighted by molar-refractivity contribution is 5.75. The maximum Gasteiger partial charge on any atom is 0.415 e. The molecule has 0 saturated carbocycles. The Morgan fingerprint density at radius 2 is 1.69 bits per heavy atom. The number of ether oxygens (including phenoxy) is 2. The summed E-state index contributed by atoms with van der Waals surface area (Å²) >= 11 is 0. The van der Waals surface area contributed by atoms with Crippen LogP contribution in [0.15, 0.2) is 65.7 Å². The topological polar surface area (TPSA) is 51.1 Å². The number of nitrogens with zero attached hydrogens (tertiary/aromatic N) is 2. The van der Waals surface area contributed by atoms with Crippen molar-refractivity contribution >= 4 is 12.3 Å². The van der Waals surface area contributed by atoms with E-state index in [2.05, 4.69) is 37.0 Å². The fraction of sp³-hybridized carbons (Fsp3) is 0.259. The van der Waals surface area contributed by atoms with E-state index in [4.69, 9.17) is 9.47 Å². The van der Waals surface area contributed by atoms with Crippen LogP contribution in [0.2, 0.25) is 0 Å². The van der Waals surface area contributed by atoms with E-state index in [0.29, 0.717) is 18.8 Å². The summed E-state index contributed by atoms with van der Waals surface area (Å²) in [6.07, 6.45) is 1.60. The first-order chi connectivity index (χ1) is 15.5. The summed E-state index contributed by atoms with van der Waals surface area (Å²) in [7, 11) is 3.43. The van der Waals surface area contributed by atoms with Crippen molar-refractivity contribution in [3.63, 3.8) is 0 Å². The fourth-order valence-electron chi connectivity index (χ4n) is 4.13. The molecule has 0 bridgehead atoms. The largest absolute Gasteiger partial charge is 0.497 e. The molecule has 1 heterocycles. The van der Waals surface area contributed by atoms with E-state index >= 15 is 0 Å². The maximum absolute atomic E-state index is 12.7. The molecule has 0 saturated heterocycles. The molecule has 3 aromatic rings. The van der Waals surface area contributed by atoms with Crippen molar-refractivity contribution in [2.45, 2.75) is 32.9 Å². The first-order valence-electron chi connectivity index (χ1n) is 10.7. The van der Waals surface area contributed by atoms with Crippen LogP contribution in [0.25, 0.3) is 0 Å². The van der Waals surface area contributed by atoms with Gasteiger partial charge in [0.2, 0.25) is 0 Å². The van der Waals surface area contributed by atoms with Gasteiger partial charge in [0, 0.05) is 32.3 Å². The van der Waals surface area contributed by atoms with Gasteiger partial charge in [-0.3, -0.25) is 9.89 Å². The number of methoxy groups -OCH3 is 1. The molecule has 0 N–H and O–H groups in total. The second-order valence-electron chi connectivity index (χ2n) is 8.17. The minimum absolute atomic E-state index is 0.0488. The van der Waals surface area contributed by atoms with E-state index in [0.717, 1.165) is 22.4 Å². The molecule has 32 heavy (non-hydrogen) atoms. The summed E-state index contributed by atoms with van der Waals surface area (Å²) in [5.41, 5.74) is 6.98. The van der Waals surface area contributed by atoms with Crippen LogP contribution in [0, 0.1) is 13.8 Å². The molecular weight excluding hydrogens is 400 g/mol. The average molecular weight is 429 g/mol. The van der Waals surface area contributed by atoms with Gasteiger partial charge in [0.05, 0.1) is 7.11 Å². The molecule has 1 amide bonds. The molecule has 5 nitrogen and oxygen atoms in total. The van der Waals surface area contributed by atoms with Crippen molar-refractivity contribution in [1.82, 2.24) is 4.90 Å². The first kappa shape index (κ1) is 21.6. The predicted molar refractivity (Wildman–Crippen MR) is 127 cm³/mol. The van der Waals surface area contributed by atoms with Crippen molar-refractivity contribution in [2.75, 3.05) is 14.2 Å². The van der Waals surface area contributed by atoms with Gasteiger partial charge in [-0.1, -0.05) is 42.0 Å². The molecular formula is C27H28N2O3. The Bertz CT molecular complexity index is 1150. The van der Waals surface area contributed by atoms with Crippen LogP contribution in [0.5, 0.6) is 11.5 Å². The normalized spacial score (nSPS) is 13.8. The molecule has 3 aromatic carbocycles. The molecule has 1 aliphatic heterocycles. The van der Waals surface area contributed by atoms with Gasteiger partial charge >= 0.3 is 6.09 Å². The molecule has 4 rings (SSSR count). The highest BCUT2D eigenvalue weighted by atomic mass is 16.6. The van der Waals surface area contributed by atoms with Crippen molar-refractivity contribution in [3.05, 3.63) is 94.0 Å². The third kappa shape index (κ3) is 4.52. The molecule has 164 valence electrons. The molecule has 0 fully saturated rings. The number of carbonyl (C=O) groups is 1. The van der Waals surface area contributed by atoms with E-state index in [1.54, 1.807) is 19.1 Å². The molecule has 0 aliphatic carbocycles. The Kier molecular flexibility index (Phi) is 6.26. The van der Waals surface area contributed by atoms with Gasteiger partial charge in [0.1, 0.15) is 11.5 Å². The summed E-state index contributed by atoms with van der Waals surface area (Å²) in [6, 6.07) is 20.0. The molecule has 0 radical (unpaired) electrons. The third-order valence-corrected chi connectivity index (χ3v) is 5.91. The Hall–Kier alpha value is -3.60. The zero-order chi connectivity index (χ0) is 22.7. The number of hydrogen-bond acceptors (Lipinski definition) is 4. The Labute approximate surface area is 189 Å². The van der Waals surface area contributed by atoms with Gasteiger partial charge < -0.3 is 9.47 Å². The van der Waals surface area contributed by atoms with Crippen molar-refractivity contribution in [3.8, 4) is 11.5 Å². The Morgan fingerprint density at radius 3 is 2.41 bits per heavy atom. The van der Waals surface area contributed by atoms with Crippen LogP contribution in [-0.4, -0.2) is 31.4 Å². The Morgan fingerprint density at radius 1 is 0.969 bits per heavy atom. The van der Waals surface area contributed by atoms with Gasteiger partial charge in [0.25, 0.3) is 0 Å². The highest BCUT2D eigenvalue weighted by Gasteiger charge is 2.25. The number of benzene rings is 3. The van der Waals surface area contributed by atoms with E-state index in [-0.39, 0.29) is 12.0 Å². The second kappa shape index (κ2) is 9.27. The smallest absolute Gasteiger partial charge is 0.415 e. The molecule has 1 atom stereocenters. The lowest BCUT2D eigenvalue weighted by molar-refractivity contribution is 0.152. The highest BCUT2D eigenvalue weighted by Crippen LogP contribution is 2.30. The third-order valence-electron chi connectivity index (χ3n) is 5.91. The van der Waals surface area contributed by atoms with Crippen LogP contribution in [0.3, 0.4) is 0 Å². The molecule has 0 spiro atoms. The standard InChI is InChI=1S/C27H28N2O3/c1-18-5-6-19(2)25(13-18)26(15-28-3)20-7-10-23(11-8-20)32-27(30)29-16-21-9-12-24(31-4)14-22(21)17-29/h5-15,26H,16-17H2,1-4H3. The summed E-state index contributed by atoms with van der Waals surface area (Å²) in [5.74, 6) is 1.37. The van der Waals surface area contributed by atoms with Crippen LogP contribution < -0.4 is 9.47 Å². The van der Waals surface area contributed by atoms with E-state index in [9.17, 15) is 4.79 Å².